The lowest BCUT2D eigenvalue weighted by atomic mass is 10.2. The number of halogens is 1. The van der Waals surface area contributed by atoms with Gasteiger partial charge in [-0.15, -0.1) is 5.10 Å². The first-order valence-corrected chi connectivity index (χ1v) is 5.40. The SMILES string of the molecule is Cc1nnc(-c2ccccc2Br)nc1C. The van der Waals surface area contributed by atoms with Crippen LogP contribution in [-0.4, -0.2) is 15.2 Å². The van der Waals surface area contributed by atoms with Crippen LogP contribution < -0.4 is 0 Å². The van der Waals surface area contributed by atoms with E-state index in [4.69, 9.17) is 0 Å². The van der Waals surface area contributed by atoms with E-state index in [0.717, 1.165) is 21.4 Å². The fourth-order valence-electron chi connectivity index (χ4n) is 1.21. The minimum absolute atomic E-state index is 0.658. The van der Waals surface area contributed by atoms with Gasteiger partial charge in [0.1, 0.15) is 0 Å². The summed E-state index contributed by atoms with van der Waals surface area (Å²) in [5.41, 5.74) is 2.75. The van der Waals surface area contributed by atoms with E-state index < -0.39 is 0 Å². The summed E-state index contributed by atoms with van der Waals surface area (Å²) in [7, 11) is 0. The number of aryl methyl sites for hydroxylation is 2. The van der Waals surface area contributed by atoms with E-state index in [0.29, 0.717) is 5.82 Å². The van der Waals surface area contributed by atoms with Gasteiger partial charge in [-0.2, -0.15) is 5.10 Å². The molecule has 0 aliphatic heterocycles. The summed E-state index contributed by atoms with van der Waals surface area (Å²) < 4.78 is 0.982. The van der Waals surface area contributed by atoms with Gasteiger partial charge in [0.15, 0.2) is 5.82 Å². The molecule has 15 heavy (non-hydrogen) atoms. The number of hydrogen-bond acceptors (Lipinski definition) is 3. The third-order valence-electron chi connectivity index (χ3n) is 2.21. The van der Waals surface area contributed by atoms with Gasteiger partial charge in [-0.3, -0.25) is 0 Å². The predicted octanol–water partition coefficient (Wildman–Crippen LogP) is 2.92. The first-order chi connectivity index (χ1) is 7.18. The molecule has 2 rings (SSSR count). The molecule has 1 heterocycles. The molecule has 0 saturated heterocycles. The van der Waals surface area contributed by atoms with Crippen LogP contribution in [0.3, 0.4) is 0 Å². The summed E-state index contributed by atoms with van der Waals surface area (Å²) in [6.07, 6.45) is 0. The van der Waals surface area contributed by atoms with Crippen LogP contribution in [0.1, 0.15) is 11.4 Å². The maximum Gasteiger partial charge on any atom is 0.183 e. The number of rotatable bonds is 1. The molecule has 0 spiro atoms. The van der Waals surface area contributed by atoms with Crippen molar-refractivity contribution in [3.63, 3.8) is 0 Å². The van der Waals surface area contributed by atoms with Gasteiger partial charge in [-0.1, -0.05) is 28.1 Å². The van der Waals surface area contributed by atoms with Gasteiger partial charge in [-0.05, 0) is 26.0 Å². The quantitative estimate of drug-likeness (QED) is 0.794. The molecule has 1 aromatic carbocycles. The molecule has 0 radical (unpaired) electrons. The molecule has 0 amide bonds. The molecule has 0 unspecified atom stereocenters. The Bertz CT molecular complexity index is 497. The summed E-state index contributed by atoms with van der Waals surface area (Å²) in [6, 6.07) is 7.85. The van der Waals surface area contributed by atoms with Crippen molar-refractivity contribution in [2.75, 3.05) is 0 Å². The first kappa shape index (κ1) is 10.2. The average molecular weight is 264 g/mol. The largest absolute Gasteiger partial charge is 0.230 e. The Labute approximate surface area is 96.7 Å². The molecule has 0 saturated carbocycles. The monoisotopic (exact) mass is 263 g/mol. The smallest absolute Gasteiger partial charge is 0.183 e. The van der Waals surface area contributed by atoms with E-state index in [1.807, 2.05) is 38.1 Å². The van der Waals surface area contributed by atoms with Crippen LogP contribution in [0.5, 0.6) is 0 Å². The van der Waals surface area contributed by atoms with Crippen LogP contribution in [0.4, 0.5) is 0 Å². The number of nitrogens with zero attached hydrogens (tertiary/aromatic N) is 3. The van der Waals surface area contributed by atoms with Gasteiger partial charge in [0.2, 0.25) is 0 Å². The normalized spacial score (nSPS) is 10.3. The summed E-state index contributed by atoms with van der Waals surface area (Å²) in [5.74, 6) is 0.658. The van der Waals surface area contributed by atoms with Crippen molar-refractivity contribution >= 4 is 15.9 Å². The highest BCUT2D eigenvalue weighted by molar-refractivity contribution is 9.10. The van der Waals surface area contributed by atoms with Crippen molar-refractivity contribution in [1.29, 1.82) is 0 Å². The molecular weight excluding hydrogens is 254 g/mol. The lowest BCUT2D eigenvalue weighted by molar-refractivity contribution is 0.904. The third kappa shape index (κ3) is 2.04. The maximum absolute atomic E-state index is 4.40. The van der Waals surface area contributed by atoms with Crippen LogP contribution >= 0.6 is 15.9 Å². The van der Waals surface area contributed by atoms with Crippen LogP contribution in [-0.2, 0) is 0 Å². The molecule has 1 aromatic heterocycles. The highest BCUT2D eigenvalue weighted by Gasteiger charge is 2.07. The highest BCUT2D eigenvalue weighted by atomic mass is 79.9. The number of hydrogen-bond donors (Lipinski definition) is 0. The van der Waals surface area contributed by atoms with Gasteiger partial charge in [0.25, 0.3) is 0 Å². The van der Waals surface area contributed by atoms with Crippen LogP contribution in [0.15, 0.2) is 28.7 Å². The molecule has 0 fully saturated rings. The van der Waals surface area contributed by atoms with Gasteiger partial charge in [0.05, 0.1) is 11.4 Å². The van der Waals surface area contributed by atoms with Crippen molar-refractivity contribution in [2.24, 2.45) is 0 Å². The second-order valence-corrected chi connectivity index (χ2v) is 4.14. The zero-order valence-corrected chi connectivity index (χ0v) is 10.1. The van der Waals surface area contributed by atoms with E-state index in [1.54, 1.807) is 0 Å². The Hall–Kier alpha value is -1.29. The highest BCUT2D eigenvalue weighted by Crippen LogP contribution is 2.24. The summed E-state index contributed by atoms with van der Waals surface area (Å²) in [5, 5.41) is 8.14. The molecule has 0 aliphatic carbocycles. The molecule has 2 aromatic rings. The van der Waals surface area contributed by atoms with Gasteiger partial charge in [-0.25, -0.2) is 4.98 Å². The lowest BCUT2D eigenvalue weighted by Crippen LogP contribution is -1.99. The Morgan fingerprint density at radius 3 is 2.40 bits per heavy atom. The van der Waals surface area contributed by atoms with E-state index in [2.05, 4.69) is 31.1 Å². The van der Waals surface area contributed by atoms with Crippen LogP contribution in [0, 0.1) is 13.8 Å². The number of benzene rings is 1. The lowest BCUT2D eigenvalue weighted by Gasteiger charge is -2.03. The summed E-state index contributed by atoms with van der Waals surface area (Å²) in [6.45, 7) is 3.84. The fourth-order valence-corrected chi connectivity index (χ4v) is 1.68. The average Bonchev–Trinajstić information content (AvgIpc) is 2.23. The number of aromatic nitrogens is 3. The Balaban J connectivity index is 2.55. The van der Waals surface area contributed by atoms with Crippen LogP contribution in [0.2, 0.25) is 0 Å². The topological polar surface area (TPSA) is 38.7 Å². The zero-order chi connectivity index (χ0) is 10.8. The first-order valence-electron chi connectivity index (χ1n) is 4.61. The minimum atomic E-state index is 0.658. The Kier molecular flexibility index (Phi) is 2.77. The summed E-state index contributed by atoms with van der Waals surface area (Å²) in [4.78, 5) is 4.40. The van der Waals surface area contributed by atoms with Gasteiger partial charge in [0, 0.05) is 10.0 Å². The van der Waals surface area contributed by atoms with Gasteiger partial charge >= 0.3 is 0 Å². The zero-order valence-electron chi connectivity index (χ0n) is 8.53. The van der Waals surface area contributed by atoms with Crippen molar-refractivity contribution in [3.8, 4) is 11.4 Å². The molecule has 0 bridgehead atoms. The standard InChI is InChI=1S/C11H10BrN3/c1-7-8(2)14-15-11(13-7)9-5-3-4-6-10(9)12/h3-6H,1-2H3. The van der Waals surface area contributed by atoms with E-state index in [9.17, 15) is 0 Å². The van der Waals surface area contributed by atoms with Crippen molar-refractivity contribution in [3.05, 3.63) is 40.1 Å². The van der Waals surface area contributed by atoms with Gasteiger partial charge < -0.3 is 0 Å². The van der Waals surface area contributed by atoms with E-state index in [1.165, 1.54) is 0 Å². The van der Waals surface area contributed by atoms with E-state index >= 15 is 0 Å². The molecule has 3 nitrogen and oxygen atoms in total. The molecular formula is C11H10BrN3. The van der Waals surface area contributed by atoms with Crippen molar-refractivity contribution in [2.45, 2.75) is 13.8 Å². The predicted molar refractivity (Wildman–Crippen MR) is 62.4 cm³/mol. The van der Waals surface area contributed by atoms with Crippen LogP contribution in [0.25, 0.3) is 11.4 Å². The fraction of sp³-hybridized carbons (Fsp3) is 0.182. The van der Waals surface area contributed by atoms with Crippen molar-refractivity contribution < 1.29 is 0 Å². The molecule has 0 aliphatic rings. The van der Waals surface area contributed by atoms with Crippen molar-refractivity contribution in [1.82, 2.24) is 15.2 Å². The summed E-state index contributed by atoms with van der Waals surface area (Å²) >= 11 is 3.47. The minimum Gasteiger partial charge on any atom is -0.230 e. The maximum atomic E-state index is 4.40. The van der Waals surface area contributed by atoms with E-state index in [-0.39, 0.29) is 0 Å². The second kappa shape index (κ2) is 4.06. The second-order valence-electron chi connectivity index (χ2n) is 3.29. The Morgan fingerprint density at radius 2 is 1.73 bits per heavy atom. The molecule has 76 valence electrons. The molecule has 0 atom stereocenters. The molecule has 4 heteroatoms. The Morgan fingerprint density at radius 1 is 1.00 bits per heavy atom. The molecule has 0 N–H and O–H groups in total. The third-order valence-corrected chi connectivity index (χ3v) is 2.90.